The van der Waals surface area contributed by atoms with Gasteiger partial charge in [-0.1, -0.05) is 47.5 Å². The van der Waals surface area contributed by atoms with Crippen LogP contribution in [-0.2, 0) is 6.54 Å². The highest BCUT2D eigenvalue weighted by Gasteiger charge is 2.07. The number of aryl methyl sites for hydroxylation is 2. The largest absolute Gasteiger partial charge is 0.350 e. The van der Waals surface area contributed by atoms with Crippen LogP contribution in [0.15, 0.2) is 60.9 Å². The minimum absolute atomic E-state index is 0.228. The van der Waals surface area contributed by atoms with Crippen molar-refractivity contribution in [3.8, 4) is 0 Å². The molecule has 0 aliphatic rings. The minimum atomic E-state index is -0.228. The highest BCUT2D eigenvalue weighted by atomic mass is 16.1. The van der Waals surface area contributed by atoms with E-state index in [4.69, 9.17) is 0 Å². The summed E-state index contributed by atoms with van der Waals surface area (Å²) in [5, 5.41) is 5.98. The molecule has 2 aromatic carbocycles. The van der Waals surface area contributed by atoms with Gasteiger partial charge in [-0.3, -0.25) is 4.79 Å². The first-order chi connectivity index (χ1) is 12.1. The van der Waals surface area contributed by atoms with E-state index >= 15 is 0 Å². The number of anilines is 2. The third-order valence-corrected chi connectivity index (χ3v) is 3.79. The Morgan fingerprint density at radius 1 is 0.880 bits per heavy atom. The standard InChI is InChI=1S/C20H20N4O/c1-14-3-7-16(8-4-14)11-21-20-22-12-17(13-23-20)19(25)24-18-9-5-15(2)6-10-18/h3-10,12-13H,11H2,1-2H3,(H,24,25)(H,21,22,23). The van der Waals surface area contributed by atoms with Crippen LogP contribution in [0.2, 0.25) is 0 Å². The maximum atomic E-state index is 12.2. The summed E-state index contributed by atoms with van der Waals surface area (Å²) in [5.41, 5.74) is 4.68. The van der Waals surface area contributed by atoms with E-state index in [9.17, 15) is 4.79 Å². The Bertz CT molecular complexity index is 840. The molecule has 5 heteroatoms. The number of benzene rings is 2. The predicted octanol–water partition coefficient (Wildman–Crippen LogP) is 3.96. The molecule has 126 valence electrons. The fourth-order valence-corrected chi connectivity index (χ4v) is 2.26. The van der Waals surface area contributed by atoms with Crippen molar-refractivity contribution < 1.29 is 4.79 Å². The summed E-state index contributed by atoms with van der Waals surface area (Å²) in [6.45, 7) is 4.69. The number of amides is 1. The van der Waals surface area contributed by atoms with Crippen LogP contribution in [0.5, 0.6) is 0 Å². The smallest absolute Gasteiger partial charge is 0.258 e. The Morgan fingerprint density at radius 2 is 1.44 bits per heavy atom. The average molecular weight is 332 g/mol. The van der Waals surface area contributed by atoms with Crippen molar-refractivity contribution in [1.82, 2.24) is 9.97 Å². The molecule has 2 N–H and O–H groups in total. The Labute approximate surface area is 147 Å². The fraction of sp³-hybridized carbons (Fsp3) is 0.150. The van der Waals surface area contributed by atoms with E-state index in [1.807, 2.05) is 31.2 Å². The second-order valence-corrected chi connectivity index (χ2v) is 5.95. The zero-order chi connectivity index (χ0) is 17.6. The van der Waals surface area contributed by atoms with Crippen molar-refractivity contribution in [3.63, 3.8) is 0 Å². The summed E-state index contributed by atoms with van der Waals surface area (Å²) < 4.78 is 0. The van der Waals surface area contributed by atoms with Gasteiger partial charge < -0.3 is 10.6 Å². The van der Waals surface area contributed by atoms with Crippen LogP contribution < -0.4 is 10.6 Å². The summed E-state index contributed by atoms with van der Waals surface area (Å²) in [7, 11) is 0. The Hall–Kier alpha value is -3.21. The molecule has 0 unspecified atom stereocenters. The van der Waals surface area contributed by atoms with Gasteiger partial charge in [0.2, 0.25) is 5.95 Å². The van der Waals surface area contributed by atoms with Crippen LogP contribution >= 0.6 is 0 Å². The van der Waals surface area contributed by atoms with Gasteiger partial charge in [-0.15, -0.1) is 0 Å². The minimum Gasteiger partial charge on any atom is -0.350 e. The molecule has 0 spiro atoms. The third kappa shape index (κ3) is 4.64. The fourth-order valence-electron chi connectivity index (χ4n) is 2.26. The number of hydrogen-bond acceptors (Lipinski definition) is 4. The third-order valence-electron chi connectivity index (χ3n) is 3.79. The van der Waals surface area contributed by atoms with Gasteiger partial charge in [0.1, 0.15) is 0 Å². The van der Waals surface area contributed by atoms with Crippen molar-refractivity contribution in [2.24, 2.45) is 0 Å². The lowest BCUT2D eigenvalue weighted by Crippen LogP contribution is -2.13. The molecule has 1 aromatic heterocycles. The summed E-state index contributed by atoms with van der Waals surface area (Å²) in [5.74, 6) is 0.265. The Balaban J connectivity index is 1.58. The van der Waals surface area contributed by atoms with E-state index in [1.165, 1.54) is 18.0 Å². The molecule has 0 bridgehead atoms. The van der Waals surface area contributed by atoms with E-state index in [2.05, 4.69) is 51.8 Å². The van der Waals surface area contributed by atoms with Gasteiger partial charge in [0, 0.05) is 24.6 Å². The summed E-state index contributed by atoms with van der Waals surface area (Å²) >= 11 is 0. The number of carbonyl (C=O) groups is 1. The Kier molecular flexibility index (Phi) is 5.04. The van der Waals surface area contributed by atoms with Gasteiger partial charge in [-0.05, 0) is 31.5 Å². The molecule has 1 amide bonds. The molecular weight excluding hydrogens is 312 g/mol. The number of nitrogens with one attached hydrogen (secondary N) is 2. The zero-order valence-corrected chi connectivity index (χ0v) is 14.3. The lowest BCUT2D eigenvalue weighted by atomic mass is 10.1. The molecule has 0 radical (unpaired) electrons. The molecule has 3 rings (SSSR count). The van der Waals surface area contributed by atoms with Gasteiger partial charge in [-0.25, -0.2) is 9.97 Å². The molecule has 0 aliphatic heterocycles. The van der Waals surface area contributed by atoms with Crippen LogP contribution in [0.25, 0.3) is 0 Å². The van der Waals surface area contributed by atoms with Crippen LogP contribution in [0.4, 0.5) is 11.6 Å². The molecule has 25 heavy (non-hydrogen) atoms. The second-order valence-electron chi connectivity index (χ2n) is 5.95. The second kappa shape index (κ2) is 7.57. The van der Waals surface area contributed by atoms with E-state index in [0.29, 0.717) is 18.1 Å². The maximum Gasteiger partial charge on any atom is 0.258 e. The molecule has 3 aromatic rings. The highest BCUT2D eigenvalue weighted by molar-refractivity contribution is 6.03. The maximum absolute atomic E-state index is 12.2. The van der Waals surface area contributed by atoms with Crippen LogP contribution in [0.1, 0.15) is 27.0 Å². The SMILES string of the molecule is Cc1ccc(CNc2ncc(C(=O)Nc3ccc(C)cc3)cn2)cc1. The molecular formula is C20H20N4O. The van der Waals surface area contributed by atoms with Crippen LogP contribution in [-0.4, -0.2) is 15.9 Å². The van der Waals surface area contributed by atoms with E-state index < -0.39 is 0 Å². The molecule has 0 atom stereocenters. The van der Waals surface area contributed by atoms with E-state index in [-0.39, 0.29) is 5.91 Å². The molecule has 0 aliphatic carbocycles. The Morgan fingerprint density at radius 3 is 2.04 bits per heavy atom. The quantitative estimate of drug-likeness (QED) is 0.742. The first-order valence-electron chi connectivity index (χ1n) is 8.09. The number of nitrogens with zero attached hydrogens (tertiary/aromatic N) is 2. The monoisotopic (exact) mass is 332 g/mol. The van der Waals surface area contributed by atoms with Crippen molar-refractivity contribution in [2.75, 3.05) is 10.6 Å². The normalized spacial score (nSPS) is 10.3. The average Bonchev–Trinajstić information content (AvgIpc) is 2.63. The van der Waals surface area contributed by atoms with Crippen LogP contribution in [0, 0.1) is 13.8 Å². The van der Waals surface area contributed by atoms with Gasteiger partial charge in [-0.2, -0.15) is 0 Å². The number of carbonyl (C=O) groups excluding carboxylic acids is 1. The number of aromatic nitrogens is 2. The van der Waals surface area contributed by atoms with E-state index in [1.54, 1.807) is 0 Å². The number of hydrogen-bond donors (Lipinski definition) is 2. The number of rotatable bonds is 5. The first-order valence-corrected chi connectivity index (χ1v) is 8.09. The highest BCUT2D eigenvalue weighted by Crippen LogP contribution is 2.11. The summed E-state index contributed by atoms with van der Waals surface area (Å²) in [6, 6.07) is 15.9. The van der Waals surface area contributed by atoms with Gasteiger partial charge >= 0.3 is 0 Å². The van der Waals surface area contributed by atoms with Crippen molar-refractivity contribution in [2.45, 2.75) is 20.4 Å². The lowest BCUT2D eigenvalue weighted by Gasteiger charge is -2.07. The summed E-state index contributed by atoms with van der Waals surface area (Å²) in [4.78, 5) is 20.6. The molecule has 0 saturated heterocycles. The van der Waals surface area contributed by atoms with Crippen molar-refractivity contribution in [3.05, 3.63) is 83.2 Å². The van der Waals surface area contributed by atoms with Gasteiger partial charge in [0.15, 0.2) is 0 Å². The van der Waals surface area contributed by atoms with Crippen LogP contribution in [0.3, 0.4) is 0 Å². The molecule has 1 heterocycles. The molecule has 0 saturated carbocycles. The topological polar surface area (TPSA) is 66.9 Å². The van der Waals surface area contributed by atoms with E-state index in [0.717, 1.165) is 16.8 Å². The van der Waals surface area contributed by atoms with Gasteiger partial charge in [0.25, 0.3) is 5.91 Å². The summed E-state index contributed by atoms with van der Waals surface area (Å²) in [6.07, 6.45) is 3.04. The molecule has 5 nitrogen and oxygen atoms in total. The first kappa shape index (κ1) is 16.6. The predicted molar refractivity (Wildman–Crippen MR) is 99.7 cm³/mol. The molecule has 0 fully saturated rings. The van der Waals surface area contributed by atoms with Gasteiger partial charge in [0.05, 0.1) is 5.56 Å². The van der Waals surface area contributed by atoms with Crippen molar-refractivity contribution >= 4 is 17.5 Å². The lowest BCUT2D eigenvalue weighted by molar-refractivity contribution is 0.102. The van der Waals surface area contributed by atoms with Crippen molar-refractivity contribution in [1.29, 1.82) is 0 Å². The zero-order valence-electron chi connectivity index (χ0n) is 14.3.